The molecule has 2 aromatic rings. The van der Waals surface area contributed by atoms with Crippen LogP contribution >= 0.6 is 0 Å². The van der Waals surface area contributed by atoms with E-state index in [4.69, 9.17) is 0 Å². The Bertz CT molecular complexity index is 490. The molecule has 0 aromatic carbocycles. The number of hydrogen-bond acceptors (Lipinski definition) is 3. The molecule has 90 valence electrons. The van der Waals surface area contributed by atoms with E-state index in [0.29, 0.717) is 0 Å². The molecular formula is C13H18N4. The molecule has 1 unspecified atom stereocenters. The maximum atomic E-state index is 4.42. The van der Waals surface area contributed by atoms with Gasteiger partial charge >= 0.3 is 0 Å². The fraction of sp³-hybridized carbons (Fsp3) is 0.385. The van der Waals surface area contributed by atoms with E-state index in [-0.39, 0.29) is 6.04 Å². The Kier molecular flexibility index (Phi) is 3.54. The summed E-state index contributed by atoms with van der Waals surface area (Å²) in [5, 5.41) is 7.58. The number of pyridine rings is 1. The van der Waals surface area contributed by atoms with Crippen LogP contribution in [0.3, 0.4) is 0 Å². The van der Waals surface area contributed by atoms with Crippen molar-refractivity contribution in [1.82, 2.24) is 20.1 Å². The van der Waals surface area contributed by atoms with Crippen LogP contribution in [0.15, 0.2) is 30.7 Å². The van der Waals surface area contributed by atoms with Crippen molar-refractivity contribution >= 4 is 0 Å². The number of hydrogen-bond donors (Lipinski definition) is 1. The summed E-state index contributed by atoms with van der Waals surface area (Å²) in [6.45, 7) is 5.04. The molecule has 0 radical (unpaired) electrons. The monoisotopic (exact) mass is 230 g/mol. The van der Waals surface area contributed by atoms with Crippen molar-refractivity contribution in [3.8, 4) is 0 Å². The van der Waals surface area contributed by atoms with Crippen LogP contribution in [0.1, 0.15) is 29.8 Å². The zero-order valence-corrected chi connectivity index (χ0v) is 10.5. The Morgan fingerprint density at radius 3 is 2.88 bits per heavy atom. The quantitative estimate of drug-likeness (QED) is 0.872. The smallest absolute Gasteiger partial charge is 0.0779 e. The molecule has 2 heterocycles. The van der Waals surface area contributed by atoms with Crippen LogP contribution in [0.2, 0.25) is 0 Å². The second-order valence-electron chi connectivity index (χ2n) is 4.11. The zero-order valence-electron chi connectivity index (χ0n) is 10.5. The van der Waals surface area contributed by atoms with E-state index in [1.54, 1.807) is 0 Å². The summed E-state index contributed by atoms with van der Waals surface area (Å²) in [4.78, 5) is 4.42. The number of nitrogens with zero attached hydrogens (tertiary/aromatic N) is 3. The molecule has 0 aliphatic rings. The third-order valence-electron chi connectivity index (χ3n) is 2.83. The Morgan fingerprint density at radius 1 is 1.47 bits per heavy atom. The SMILES string of the molecule is CCn1cc(C(NC)c2cc(C)ccn2)cn1. The first kappa shape index (κ1) is 11.8. The molecule has 0 saturated heterocycles. The molecule has 2 aromatic heterocycles. The van der Waals surface area contributed by atoms with Gasteiger partial charge in [0.1, 0.15) is 0 Å². The molecular weight excluding hydrogens is 212 g/mol. The van der Waals surface area contributed by atoms with Crippen LogP contribution in [0.5, 0.6) is 0 Å². The standard InChI is InChI=1S/C13H18N4/c1-4-17-9-11(8-16-17)13(14-3)12-7-10(2)5-6-15-12/h5-9,13-14H,4H2,1-3H3. The lowest BCUT2D eigenvalue weighted by Crippen LogP contribution is -2.18. The number of aromatic nitrogens is 3. The summed E-state index contributed by atoms with van der Waals surface area (Å²) in [5.41, 5.74) is 3.40. The lowest BCUT2D eigenvalue weighted by Gasteiger charge is -2.14. The number of nitrogens with one attached hydrogen (secondary N) is 1. The predicted octanol–water partition coefficient (Wildman–Crippen LogP) is 1.92. The molecule has 1 atom stereocenters. The largest absolute Gasteiger partial charge is 0.308 e. The molecule has 0 spiro atoms. The van der Waals surface area contributed by atoms with Crippen LogP contribution in [-0.2, 0) is 6.54 Å². The fourth-order valence-corrected chi connectivity index (χ4v) is 1.90. The highest BCUT2D eigenvalue weighted by atomic mass is 15.3. The van der Waals surface area contributed by atoms with Crippen molar-refractivity contribution in [2.45, 2.75) is 26.4 Å². The molecule has 0 aliphatic heterocycles. The molecule has 1 N–H and O–H groups in total. The average Bonchev–Trinajstić information content (AvgIpc) is 2.79. The third-order valence-corrected chi connectivity index (χ3v) is 2.83. The summed E-state index contributed by atoms with van der Waals surface area (Å²) in [5.74, 6) is 0. The van der Waals surface area contributed by atoms with Gasteiger partial charge in [0.15, 0.2) is 0 Å². The van der Waals surface area contributed by atoms with Gasteiger partial charge in [-0.3, -0.25) is 9.67 Å². The summed E-state index contributed by atoms with van der Waals surface area (Å²) >= 11 is 0. The first-order chi connectivity index (χ1) is 8.24. The molecule has 0 amide bonds. The van der Waals surface area contributed by atoms with Gasteiger partial charge in [-0.1, -0.05) is 0 Å². The van der Waals surface area contributed by atoms with Crippen LogP contribution in [0.4, 0.5) is 0 Å². The molecule has 0 bridgehead atoms. The Balaban J connectivity index is 2.33. The van der Waals surface area contributed by atoms with Crippen LogP contribution < -0.4 is 5.32 Å². The average molecular weight is 230 g/mol. The van der Waals surface area contributed by atoms with Crippen molar-refractivity contribution in [2.24, 2.45) is 0 Å². The summed E-state index contributed by atoms with van der Waals surface area (Å²) in [7, 11) is 1.94. The van der Waals surface area contributed by atoms with Gasteiger partial charge in [0.2, 0.25) is 0 Å². The second-order valence-corrected chi connectivity index (χ2v) is 4.11. The van der Waals surface area contributed by atoms with E-state index in [1.165, 1.54) is 5.56 Å². The van der Waals surface area contributed by atoms with Crippen LogP contribution in [0, 0.1) is 6.92 Å². The Hall–Kier alpha value is -1.68. The number of rotatable bonds is 4. The topological polar surface area (TPSA) is 42.7 Å². The van der Waals surface area contributed by atoms with Crippen molar-refractivity contribution < 1.29 is 0 Å². The maximum Gasteiger partial charge on any atom is 0.0779 e. The molecule has 4 nitrogen and oxygen atoms in total. The van der Waals surface area contributed by atoms with Crippen LogP contribution in [0.25, 0.3) is 0 Å². The van der Waals surface area contributed by atoms with E-state index >= 15 is 0 Å². The molecule has 17 heavy (non-hydrogen) atoms. The maximum absolute atomic E-state index is 4.42. The van der Waals surface area contributed by atoms with Gasteiger partial charge in [-0.25, -0.2) is 0 Å². The Labute approximate surface area is 102 Å². The molecule has 0 aliphatic carbocycles. The predicted molar refractivity (Wildman–Crippen MR) is 67.8 cm³/mol. The minimum Gasteiger partial charge on any atom is -0.308 e. The first-order valence-electron chi connectivity index (χ1n) is 5.86. The second kappa shape index (κ2) is 5.10. The summed E-state index contributed by atoms with van der Waals surface area (Å²) < 4.78 is 1.93. The van der Waals surface area contributed by atoms with E-state index < -0.39 is 0 Å². The highest BCUT2D eigenvalue weighted by Gasteiger charge is 2.15. The summed E-state index contributed by atoms with van der Waals surface area (Å²) in [6, 6.07) is 4.21. The first-order valence-corrected chi connectivity index (χ1v) is 5.86. The van der Waals surface area contributed by atoms with Crippen molar-refractivity contribution in [1.29, 1.82) is 0 Å². The van der Waals surface area contributed by atoms with Crippen molar-refractivity contribution in [2.75, 3.05) is 7.05 Å². The summed E-state index contributed by atoms with van der Waals surface area (Å²) in [6.07, 6.45) is 5.80. The van der Waals surface area contributed by atoms with E-state index in [0.717, 1.165) is 17.8 Å². The van der Waals surface area contributed by atoms with Gasteiger partial charge in [-0.15, -0.1) is 0 Å². The lowest BCUT2D eigenvalue weighted by molar-refractivity contribution is 0.649. The van der Waals surface area contributed by atoms with Gasteiger partial charge < -0.3 is 5.32 Å². The number of aryl methyl sites for hydroxylation is 2. The fourth-order valence-electron chi connectivity index (χ4n) is 1.90. The van der Waals surface area contributed by atoms with E-state index in [9.17, 15) is 0 Å². The normalized spacial score (nSPS) is 12.6. The van der Waals surface area contributed by atoms with Gasteiger partial charge in [-0.2, -0.15) is 5.10 Å². The van der Waals surface area contributed by atoms with Gasteiger partial charge in [0, 0.05) is 24.5 Å². The molecule has 0 saturated carbocycles. The van der Waals surface area contributed by atoms with Gasteiger partial charge in [0.25, 0.3) is 0 Å². The minimum atomic E-state index is 0.107. The van der Waals surface area contributed by atoms with E-state index in [1.807, 2.05) is 30.2 Å². The molecule has 4 heteroatoms. The van der Waals surface area contributed by atoms with Crippen molar-refractivity contribution in [3.05, 3.63) is 47.5 Å². The Morgan fingerprint density at radius 2 is 2.29 bits per heavy atom. The molecule has 0 fully saturated rings. The minimum absolute atomic E-state index is 0.107. The van der Waals surface area contributed by atoms with Gasteiger partial charge in [-0.05, 0) is 38.6 Å². The highest BCUT2D eigenvalue weighted by molar-refractivity contribution is 5.26. The third kappa shape index (κ3) is 2.53. The lowest BCUT2D eigenvalue weighted by atomic mass is 10.1. The highest BCUT2D eigenvalue weighted by Crippen LogP contribution is 2.19. The zero-order chi connectivity index (χ0) is 12.3. The van der Waals surface area contributed by atoms with E-state index in [2.05, 4.69) is 41.5 Å². The van der Waals surface area contributed by atoms with Gasteiger partial charge in [0.05, 0.1) is 17.9 Å². The van der Waals surface area contributed by atoms with Crippen molar-refractivity contribution in [3.63, 3.8) is 0 Å². The van der Waals surface area contributed by atoms with Crippen LogP contribution in [-0.4, -0.2) is 21.8 Å². The molecule has 2 rings (SSSR count).